The number of nitriles is 2. The van der Waals surface area contributed by atoms with E-state index >= 15 is 0 Å². The van der Waals surface area contributed by atoms with E-state index in [0.717, 1.165) is 12.0 Å². The minimum Gasteiger partial charge on any atom is -0.294 e. The van der Waals surface area contributed by atoms with Gasteiger partial charge in [0.2, 0.25) is 0 Å². The van der Waals surface area contributed by atoms with Crippen LogP contribution in [0.1, 0.15) is 26.7 Å². The Morgan fingerprint density at radius 2 is 2.06 bits per heavy atom. The molecular weight excluding hydrogens is 200 g/mol. The quantitative estimate of drug-likeness (QED) is 0.661. The molecule has 0 spiro atoms. The molecule has 0 saturated heterocycles. The zero-order valence-corrected chi connectivity index (χ0v) is 9.37. The first-order valence-electron chi connectivity index (χ1n) is 5.10. The van der Waals surface area contributed by atoms with Crippen molar-refractivity contribution in [1.82, 2.24) is 0 Å². The average molecular weight is 212 g/mol. The monoisotopic (exact) mass is 212 g/mol. The molecule has 1 aliphatic carbocycles. The van der Waals surface area contributed by atoms with Crippen LogP contribution in [0.5, 0.6) is 0 Å². The van der Waals surface area contributed by atoms with Crippen molar-refractivity contribution in [2.75, 3.05) is 0 Å². The second-order valence-corrected chi connectivity index (χ2v) is 3.53. The van der Waals surface area contributed by atoms with Gasteiger partial charge in [-0.15, -0.1) is 0 Å². The first-order chi connectivity index (χ1) is 7.65. The molecule has 3 nitrogen and oxygen atoms in total. The summed E-state index contributed by atoms with van der Waals surface area (Å²) in [6.45, 7) is 3.72. The van der Waals surface area contributed by atoms with Crippen LogP contribution in [0.15, 0.2) is 34.4 Å². The number of carbonyl (C=O) groups is 1. The van der Waals surface area contributed by atoms with Crippen LogP contribution in [0.3, 0.4) is 0 Å². The number of ketones is 1. The van der Waals surface area contributed by atoms with E-state index in [9.17, 15) is 4.79 Å². The Hall–Kier alpha value is -2.13. The van der Waals surface area contributed by atoms with Gasteiger partial charge in [-0.3, -0.25) is 4.79 Å². The molecule has 0 atom stereocenters. The molecule has 1 aliphatic rings. The van der Waals surface area contributed by atoms with Crippen molar-refractivity contribution in [1.29, 1.82) is 10.5 Å². The lowest BCUT2D eigenvalue weighted by Gasteiger charge is -1.99. The molecule has 0 saturated carbocycles. The summed E-state index contributed by atoms with van der Waals surface area (Å²) in [6, 6.07) is 3.68. The molecule has 80 valence electrons. The van der Waals surface area contributed by atoms with E-state index < -0.39 is 0 Å². The highest BCUT2D eigenvalue weighted by Gasteiger charge is 2.25. The third kappa shape index (κ3) is 2.10. The lowest BCUT2D eigenvalue weighted by Crippen LogP contribution is -1.91. The van der Waals surface area contributed by atoms with Gasteiger partial charge in [0.05, 0.1) is 0 Å². The summed E-state index contributed by atoms with van der Waals surface area (Å²) in [5.74, 6) is -0.00578. The summed E-state index contributed by atoms with van der Waals surface area (Å²) in [5.41, 5.74) is 1.99. The number of carbonyl (C=O) groups excluding carboxylic acids is 1. The average Bonchev–Trinajstić information content (AvgIpc) is 2.55. The van der Waals surface area contributed by atoms with Gasteiger partial charge in [-0.2, -0.15) is 10.5 Å². The molecule has 0 unspecified atom stereocenters. The first kappa shape index (κ1) is 11.9. The zero-order chi connectivity index (χ0) is 12.1. The Labute approximate surface area is 95.0 Å². The molecule has 16 heavy (non-hydrogen) atoms. The summed E-state index contributed by atoms with van der Waals surface area (Å²) in [7, 11) is 0. The van der Waals surface area contributed by atoms with Gasteiger partial charge in [-0.25, -0.2) is 0 Å². The fraction of sp³-hybridized carbons (Fsp3) is 0.308. The smallest absolute Gasteiger partial charge is 0.163 e. The van der Waals surface area contributed by atoms with Gasteiger partial charge >= 0.3 is 0 Å². The van der Waals surface area contributed by atoms with Gasteiger partial charge < -0.3 is 0 Å². The molecule has 3 heteroatoms. The molecule has 0 fully saturated rings. The van der Waals surface area contributed by atoms with Gasteiger partial charge in [0.15, 0.2) is 5.78 Å². The maximum Gasteiger partial charge on any atom is 0.163 e. The molecule has 0 N–H and O–H groups in total. The van der Waals surface area contributed by atoms with E-state index in [1.54, 1.807) is 6.92 Å². The topological polar surface area (TPSA) is 64.7 Å². The Bertz CT molecular complexity index is 477. The number of nitrogens with zero attached hydrogens (tertiary/aromatic N) is 2. The number of hydrogen-bond donors (Lipinski definition) is 0. The van der Waals surface area contributed by atoms with Crippen molar-refractivity contribution in [3.8, 4) is 12.1 Å². The Kier molecular flexibility index (Phi) is 3.80. The maximum absolute atomic E-state index is 11.5. The Morgan fingerprint density at radius 3 is 2.56 bits per heavy atom. The largest absolute Gasteiger partial charge is 0.294 e. The van der Waals surface area contributed by atoms with Crippen molar-refractivity contribution in [2.45, 2.75) is 26.7 Å². The van der Waals surface area contributed by atoms with Crippen molar-refractivity contribution in [3.63, 3.8) is 0 Å². The van der Waals surface area contributed by atoms with E-state index in [4.69, 9.17) is 10.5 Å². The summed E-state index contributed by atoms with van der Waals surface area (Å²) in [5, 5.41) is 17.6. The predicted octanol–water partition coefficient (Wildman–Crippen LogP) is 2.59. The van der Waals surface area contributed by atoms with Crippen molar-refractivity contribution in [2.24, 2.45) is 0 Å². The van der Waals surface area contributed by atoms with Crippen molar-refractivity contribution < 1.29 is 4.79 Å². The van der Waals surface area contributed by atoms with Gasteiger partial charge in [0.25, 0.3) is 0 Å². The normalized spacial score (nSPS) is 15.5. The SMILES string of the molecule is CC/C=C\C1=C(C)C(=O)CC1=C(C#N)C#N. The van der Waals surface area contributed by atoms with Crippen molar-refractivity contribution >= 4 is 5.78 Å². The molecule has 0 aromatic heterocycles. The van der Waals surface area contributed by atoms with Crippen LogP contribution in [0.2, 0.25) is 0 Å². The molecule has 0 radical (unpaired) electrons. The third-order valence-electron chi connectivity index (χ3n) is 2.53. The van der Waals surface area contributed by atoms with E-state index in [0.29, 0.717) is 11.1 Å². The minimum absolute atomic E-state index is 0.00578. The second-order valence-electron chi connectivity index (χ2n) is 3.53. The summed E-state index contributed by atoms with van der Waals surface area (Å²) >= 11 is 0. The highest BCUT2D eigenvalue weighted by molar-refractivity contribution is 6.03. The summed E-state index contributed by atoms with van der Waals surface area (Å²) in [4.78, 5) is 11.5. The molecule has 0 amide bonds. The van der Waals surface area contributed by atoms with Crippen LogP contribution in [0, 0.1) is 22.7 Å². The fourth-order valence-corrected chi connectivity index (χ4v) is 1.61. The highest BCUT2D eigenvalue weighted by Crippen LogP contribution is 2.31. The molecule has 0 aliphatic heterocycles. The van der Waals surface area contributed by atoms with E-state index in [-0.39, 0.29) is 17.8 Å². The third-order valence-corrected chi connectivity index (χ3v) is 2.53. The second kappa shape index (κ2) is 5.09. The standard InChI is InChI=1S/C13H12N2O/c1-3-4-5-11-9(2)13(16)6-12(11)10(7-14)8-15/h4-5H,3,6H2,1-2H3/b5-4-. The van der Waals surface area contributed by atoms with Crippen LogP contribution in [0.25, 0.3) is 0 Å². The van der Waals surface area contributed by atoms with Gasteiger partial charge in [-0.05, 0) is 30.1 Å². The van der Waals surface area contributed by atoms with Crippen LogP contribution < -0.4 is 0 Å². The minimum atomic E-state index is -0.00578. The summed E-state index contributed by atoms with van der Waals surface area (Å²) in [6.07, 6.45) is 4.77. The van der Waals surface area contributed by atoms with Gasteiger partial charge in [0.1, 0.15) is 17.7 Å². The van der Waals surface area contributed by atoms with Crippen LogP contribution in [-0.2, 0) is 4.79 Å². The van der Waals surface area contributed by atoms with Gasteiger partial charge in [0, 0.05) is 6.42 Å². The first-order valence-corrected chi connectivity index (χ1v) is 5.10. The molecule has 0 aromatic rings. The fourth-order valence-electron chi connectivity index (χ4n) is 1.61. The molecule has 0 bridgehead atoms. The van der Waals surface area contributed by atoms with Crippen LogP contribution in [0.4, 0.5) is 0 Å². The van der Waals surface area contributed by atoms with Crippen LogP contribution >= 0.6 is 0 Å². The number of Topliss-reactive ketones (excluding diaryl/α,β-unsaturated/α-hetero) is 1. The number of rotatable bonds is 2. The molecular formula is C13H12N2O. The van der Waals surface area contributed by atoms with Crippen LogP contribution in [-0.4, -0.2) is 5.78 Å². The predicted molar refractivity (Wildman–Crippen MR) is 60.0 cm³/mol. The Morgan fingerprint density at radius 1 is 1.44 bits per heavy atom. The highest BCUT2D eigenvalue weighted by atomic mass is 16.1. The molecule has 0 heterocycles. The summed E-state index contributed by atoms with van der Waals surface area (Å²) < 4.78 is 0. The van der Waals surface area contributed by atoms with E-state index in [1.807, 2.05) is 31.2 Å². The maximum atomic E-state index is 11.5. The number of allylic oxidation sites excluding steroid dienone is 6. The lowest BCUT2D eigenvalue weighted by atomic mass is 10.0. The van der Waals surface area contributed by atoms with E-state index in [1.165, 1.54) is 0 Å². The van der Waals surface area contributed by atoms with Gasteiger partial charge in [-0.1, -0.05) is 19.1 Å². The van der Waals surface area contributed by atoms with Crippen molar-refractivity contribution in [3.05, 3.63) is 34.4 Å². The Balaban J connectivity index is 3.33. The van der Waals surface area contributed by atoms with E-state index in [2.05, 4.69) is 0 Å². The zero-order valence-electron chi connectivity index (χ0n) is 9.37. The molecule has 1 rings (SSSR count). The number of hydrogen-bond acceptors (Lipinski definition) is 3. The lowest BCUT2D eigenvalue weighted by molar-refractivity contribution is -0.114. The molecule has 0 aromatic carbocycles.